The number of carbonyl (C=O) groups is 2. The highest BCUT2D eigenvalue weighted by Crippen LogP contribution is 2.16. The van der Waals surface area contributed by atoms with Gasteiger partial charge in [-0.15, -0.1) is 11.3 Å². The van der Waals surface area contributed by atoms with E-state index in [4.69, 9.17) is 0 Å². The van der Waals surface area contributed by atoms with Crippen molar-refractivity contribution in [3.05, 3.63) is 57.5 Å². The number of benzene rings is 1. The Labute approximate surface area is 144 Å². The van der Waals surface area contributed by atoms with E-state index in [9.17, 15) is 14.0 Å². The Hall–Kier alpha value is -2.21. The number of hydrogen-bond acceptors (Lipinski definition) is 3. The molecule has 1 saturated heterocycles. The molecule has 24 heavy (non-hydrogen) atoms. The predicted octanol–water partition coefficient (Wildman–Crippen LogP) is 3.18. The Kier molecular flexibility index (Phi) is 4.94. The van der Waals surface area contributed by atoms with E-state index in [0.717, 1.165) is 11.3 Å². The second kappa shape index (κ2) is 7.13. The lowest BCUT2D eigenvalue weighted by Gasteiger charge is -2.22. The van der Waals surface area contributed by atoms with Gasteiger partial charge < -0.3 is 9.80 Å². The zero-order valence-electron chi connectivity index (χ0n) is 13.5. The predicted molar refractivity (Wildman–Crippen MR) is 91.9 cm³/mol. The summed E-state index contributed by atoms with van der Waals surface area (Å²) in [5.74, 6) is -0.393. The van der Waals surface area contributed by atoms with Crippen LogP contribution in [-0.4, -0.2) is 47.8 Å². The van der Waals surface area contributed by atoms with Crippen molar-refractivity contribution in [2.45, 2.75) is 13.3 Å². The minimum Gasteiger partial charge on any atom is -0.337 e. The van der Waals surface area contributed by atoms with E-state index in [1.807, 2.05) is 17.5 Å². The quantitative estimate of drug-likeness (QED) is 0.838. The van der Waals surface area contributed by atoms with Gasteiger partial charge in [0.05, 0.1) is 4.88 Å². The molecule has 1 fully saturated rings. The first-order valence-corrected chi connectivity index (χ1v) is 8.82. The van der Waals surface area contributed by atoms with E-state index < -0.39 is 0 Å². The fourth-order valence-electron chi connectivity index (χ4n) is 2.84. The zero-order valence-corrected chi connectivity index (χ0v) is 14.3. The highest BCUT2D eigenvalue weighted by molar-refractivity contribution is 7.12. The maximum absolute atomic E-state index is 13.4. The third kappa shape index (κ3) is 3.48. The van der Waals surface area contributed by atoms with Crippen LogP contribution in [0.15, 0.2) is 35.7 Å². The van der Waals surface area contributed by atoms with E-state index in [1.54, 1.807) is 22.8 Å². The molecule has 126 valence electrons. The lowest BCUT2D eigenvalue weighted by atomic mass is 10.1. The van der Waals surface area contributed by atoms with Gasteiger partial charge in [-0.25, -0.2) is 4.39 Å². The first kappa shape index (κ1) is 16.6. The van der Waals surface area contributed by atoms with Crippen molar-refractivity contribution in [3.63, 3.8) is 0 Å². The smallest absolute Gasteiger partial charge is 0.263 e. The second-order valence-electron chi connectivity index (χ2n) is 5.88. The SMILES string of the molecule is Cc1cc(C(=O)N2CCCN(C(=O)c3cccs3)CC2)ccc1F. The Bertz CT molecular complexity index is 745. The molecular formula is C18H19FN2O2S. The summed E-state index contributed by atoms with van der Waals surface area (Å²) in [6, 6.07) is 8.11. The molecule has 0 saturated carbocycles. The van der Waals surface area contributed by atoms with Crippen LogP contribution in [0.1, 0.15) is 32.0 Å². The van der Waals surface area contributed by atoms with Crippen LogP contribution < -0.4 is 0 Å². The van der Waals surface area contributed by atoms with E-state index in [1.165, 1.54) is 23.5 Å². The summed E-state index contributed by atoms with van der Waals surface area (Å²) >= 11 is 1.43. The van der Waals surface area contributed by atoms with Gasteiger partial charge in [0.25, 0.3) is 11.8 Å². The second-order valence-corrected chi connectivity index (χ2v) is 6.83. The van der Waals surface area contributed by atoms with Crippen LogP contribution in [0.25, 0.3) is 0 Å². The van der Waals surface area contributed by atoms with Gasteiger partial charge in [0.1, 0.15) is 5.82 Å². The molecule has 2 amide bonds. The van der Waals surface area contributed by atoms with E-state index >= 15 is 0 Å². The number of aryl methyl sites for hydroxylation is 1. The van der Waals surface area contributed by atoms with Gasteiger partial charge in [-0.1, -0.05) is 6.07 Å². The monoisotopic (exact) mass is 346 g/mol. The standard InChI is InChI=1S/C18H19FN2O2S/c1-13-12-14(5-6-15(13)19)17(22)20-7-3-8-21(10-9-20)18(23)16-4-2-11-24-16/h2,4-6,11-12H,3,7-10H2,1H3. The largest absolute Gasteiger partial charge is 0.337 e. The summed E-state index contributed by atoms with van der Waals surface area (Å²) in [6.45, 7) is 3.90. The van der Waals surface area contributed by atoms with Crippen LogP contribution in [0.4, 0.5) is 4.39 Å². The van der Waals surface area contributed by atoms with Crippen LogP contribution in [0.2, 0.25) is 0 Å². The van der Waals surface area contributed by atoms with Gasteiger partial charge >= 0.3 is 0 Å². The Morgan fingerprint density at radius 1 is 1.04 bits per heavy atom. The highest BCUT2D eigenvalue weighted by Gasteiger charge is 2.24. The van der Waals surface area contributed by atoms with Crippen molar-refractivity contribution in [1.29, 1.82) is 0 Å². The van der Waals surface area contributed by atoms with Gasteiger partial charge in [0.2, 0.25) is 0 Å². The maximum Gasteiger partial charge on any atom is 0.263 e. The first-order valence-electron chi connectivity index (χ1n) is 7.94. The maximum atomic E-state index is 13.4. The van der Waals surface area contributed by atoms with Gasteiger partial charge in [0.15, 0.2) is 0 Å². The molecule has 2 heterocycles. The summed E-state index contributed by atoms with van der Waals surface area (Å²) in [6.07, 6.45) is 0.739. The van der Waals surface area contributed by atoms with Crippen molar-refractivity contribution < 1.29 is 14.0 Å². The van der Waals surface area contributed by atoms with Gasteiger partial charge in [-0.05, 0) is 48.6 Å². The number of halogens is 1. The minimum absolute atomic E-state index is 0.0249. The van der Waals surface area contributed by atoms with Crippen LogP contribution in [-0.2, 0) is 0 Å². The summed E-state index contributed by atoms with van der Waals surface area (Å²) in [4.78, 5) is 29.3. The number of hydrogen-bond donors (Lipinski definition) is 0. The van der Waals surface area contributed by atoms with Gasteiger partial charge in [0, 0.05) is 31.7 Å². The summed E-state index contributed by atoms with van der Waals surface area (Å²) in [5, 5.41) is 1.89. The van der Waals surface area contributed by atoms with Crippen molar-refractivity contribution in [1.82, 2.24) is 9.80 Å². The van der Waals surface area contributed by atoms with Crippen LogP contribution >= 0.6 is 11.3 Å². The van der Waals surface area contributed by atoms with Crippen LogP contribution in [0, 0.1) is 12.7 Å². The van der Waals surface area contributed by atoms with Crippen molar-refractivity contribution >= 4 is 23.2 Å². The van der Waals surface area contributed by atoms with Crippen LogP contribution in [0.3, 0.4) is 0 Å². The molecule has 1 aliphatic heterocycles. The van der Waals surface area contributed by atoms with Crippen molar-refractivity contribution in [2.75, 3.05) is 26.2 Å². The Morgan fingerprint density at radius 2 is 1.75 bits per heavy atom. The molecule has 0 atom stereocenters. The van der Waals surface area contributed by atoms with E-state index in [2.05, 4.69) is 0 Å². The third-order valence-corrected chi connectivity index (χ3v) is 5.07. The molecule has 1 aliphatic rings. The average Bonchev–Trinajstić information content (AvgIpc) is 3.00. The fourth-order valence-corrected chi connectivity index (χ4v) is 3.53. The molecule has 4 nitrogen and oxygen atoms in total. The lowest BCUT2D eigenvalue weighted by Crippen LogP contribution is -2.37. The molecule has 0 aliphatic carbocycles. The summed E-state index contributed by atoms with van der Waals surface area (Å²) in [7, 11) is 0. The van der Waals surface area contributed by atoms with Gasteiger partial charge in [-0.3, -0.25) is 9.59 Å². The Balaban J connectivity index is 1.67. The minimum atomic E-state index is -0.310. The van der Waals surface area contributed by atoms with E-state index in [0.29, 0.717) is 37.3 Å². The van der Waals surface area contributed by atoms with E-state index in [-0.39, 0.29) is 17.6 Å². The number of thiophene rings is 1. The number of rotatable bonds is 2. The number of carbonyl (C=O) groups excluding carboxylic acids is 2. The lowest BCUT2D eigenvalue weighted by molar-refractivity contribution is 0.0721. The molecule has 0 radical (unpaired) electrons. The van der Waals surface area contributed by atoms with Crippen LogP contribution in [0.5, 0.6) is 0 Å². The first-order chi connectivity index (χ1) is 11.6. The number of amides is 2. The molecule has 2 aromatic rings. The molecule has 0 bridgehead atoms. The molecular weight excluding hydrogens is 327 g/mol. The molecule has 0 N–H and O–H groups in total. The molecule has 1 aromatic carbocycles. The molecule has 3 rings (SSSR count). The topological polar surface area (TPSA) is 40.6 Å². The summed E-state index contributed by atoms with van der Waals surface area (Å²) in [5.41, 5.74) is 0.956. The normalized spacial score (nSPS) is 15.2. The Morgan fingerprint density at radius 3 is 2.38 bits per heavy atom. The fraction of sp³-hybridized carbons (Fsp3) is 0.333. The molecule has 6 heteroatoms. The molecule has 0 unspecified atom stereocenters. The third-order valence-electron chi connectivity index (χ3n) is 4.21. The van der Waals surface area contributed by atoms with Gasteiger partial charge in [-0.2, -0.15) is 0 Å². The average molecular weight is 346 g/mol. The highest BCUT2D eigenvalue weighted by atomic mass is 32.1. The molecule has 1 aromatic heterocycles. The molecule has 0 spiro atoms. The van der Waals surface area contributed by atoms with Crippen molar-refractivity contribution in [3.8, 4) is 0 Å². The zero-order chi connectivity index (χ0) is 17.1. The number of nitrogens with zero attached hydrogens (tertiary/aromatic N) is 2. The van der Waals surface area contributed by atoms with Crippen molar-refractivity contribution in [2.24, 2.45) is 0 Å². The summed E-state index contributed by atoms with van der Waals surface area (Å²) < 4.78 is 13.4.